The van der Waals surface area contributed by atoms with Crippen LogP contribution in [0, 0.1) is 11.3 Å². The second-order valence-electron chi connectivity index (χ2n) is 7.04. The molecule has 2 heterocycles. The van der Waals surface area contributed by atoms with E-state index in [4.69, 9.17) is 10.00 Å². The fraction of sp³-hybridized carbons (Fsp3) is 0.500. The third-order valence-electron chi connectivity index (χ3n) is 5.15. The number of ether oxygens (including phenoxy) is 1. The number of nitrogens with zero attached hydrogens (tertiary/aromatic N) is 4. The summed E-state index contributed by atoms with van der Waals surface area (Å²) < 4.78 is 5.55. The van der Waals surface area contributed by atoms with Crippen LogP contribution in [0.5, 0.6) is 0 Å². The molecular weight excluding hydrogens is 346 g/mol. The van der Waals surface area contributed by atoms with E-state index in [9.17, 15) is 4.79 Å². The van der Waals surface area contributed by atoms with Crippen molar-refractivity contribution < 1.29 is 9.53 Å². The average molecular weight is 367 g/mol. The van der Waals surface area contributed by atoms with Gasteiger partial charge >= 0.3 is 6.09 Å². The Morgan fingerprint density at radius 2 is 2.11 bits per heavy atom. The molecule has 0 spiro atoms. The molecule has 1 amide bonds. The number of carbonyl (C=O) groups is 1. The number of aromatic nitrogens is 4. The summed E-state index contributed by atoms with van der Waals surface area (Å²) in [6.45, 7) is 0. The number of hydrogen-bond acceptors (Lipinski definition) is 7. The summed E-state index contributed by atoms with van der Waals surface area (Å²) in [5.41, 5.74) is 1.27. The van der Waals surface area contributed by atoms with Crippen molar-refractivity contribution >= 4 is 17.7 Å². The molecule has 0 bridgehead atoms. The Morgan fingerprint density at radius 1 is 1.22 bits per heavy atom. The molecule has 27 heavy (non-hydrogen) atoms. The molecule has 9 nitrogen and oxygen atoms in total. The van der Waals surface area contributed by atoms with E-state index in [2.05, 4.69) is 30.8 Å². The zero-order valence-corrected chi connectivity index (χ0v) is 14.8. The Morgan fingerprint density at radius 3 is 2.81 bits per heavy atom. The quantitative estimate of drug-likeness (QED) is 0.741. The van der Waals surface area contributed by atoms with Gasteiger partial charge < -0.3 is 15.4 Å². The average Bonchev–Trinajstić information content (AvgIpc) is 3.28. The summed E-state index contributed by atoms with van der Waals surface area (Å²) in [6, 6.07) is 4.15. The van der Waals surface area contributed by atoms with Gasteiger partial charge in [-0.25, -0.2) is 14.8 Å². The molecule has 2 aliphatic rings. The Kier molecular flexibility index (Phi) is 4.87. The summed E-state index contributed by atoms with van der Waals surface area (Å²) in [7, 11) is 0. The molecule has 2 atom stereocenters. The van der Waals surface area contributed by atoms with Gasteiger partial charge in [-0.15, -0.1) is 0 Å². The maximum Gasteiger partial charge on any atom is 0.407 e. The number of alkyl carbamates (subject to hydrolysis) is 1. The first-order chi connectivity index (χ1) is 13.2. The van der Waals surface area contributed by atoms with Crippen LogP contribution in [0.3, 0.4) is 0 Å². The molecular formula is C18H21N7O2. The van der Waals surface area contributed by atoms with Crippen LogP contribution in [0.25, 0.3) is 0 Å². The van der Waals surface area contributed by atoms with Crippen LogP contribution in [0.2, 0.25) is 0 Å². The Bertz CT molecular complexity index is 838. The number of nitrogens with one attached hydrogen (secondary N) is 3. The van der Waals surface area contributed by atoms with Crippen molar-refractivity contribution in [3.05, 3.63) is 29.8 Å². The van der Waals surface area contributed by atoms with Crippen molar-refractivity contribution in [3.8, 4) is 6.07 Å². The van der Waals surface area contributed by atoms with E-state index >= 15 is 0 Å². The highest BCUT2D eigenvalue weighted by atomic mass is 16.6. The van der Waals surface area contributed by atoms with Gasteiger partial charge in [-0.3, -0.25) is 5.10 Å². The van der Waals surface area contributed by atoms with Crippen LogP contribution in [-0.2, 0) is 4.74 Å². The highest BCUT2D eigenvalue weighted by molar-refractivity contribution is 5.68. The number of amides is 1. The number of aromatic amines is 1. The lowest BCUT2D eigenvalue weighted by molar-refractivity contribution is 0.0932. The molecule has 0 unspecified atom stereocenters. The van der Waals surface area contributed by atoms with E-state index in [-0.39, 0.29) is 23.8 Å². The van der Waals surface area contributed by atoms with Gasteiger partial charge in [0.05, 0.1) is 12.4 Å². The van der Waals surface area contributed by atoms with E-state index in [1.54, 1.807) is 0 Å². The van der Waals surface area contributed by atoms with Crippen LogP contribution in [0.15, 0.2) is 18.5 Å². The summed E-state index contributed by atoms with van der Waals surface area (Å²) >= 11 is 0. The highest BCUT2D eigenvalue weighted by Gasteiger charge is 2.30. The fourth-order valence-electron chi connectivity index (χ4n) is 3.43. The van der Waals surface area contributed by atoms with Gasteiger partial charge in [-0.2, -0.15) is 10.4 Å². The Balaban J connectivity index is 1.29. The van der Waals surface area contributed by atoms with Crippen molar-refractivity contribution in [2.75, 3.05) is 5.32 Å². The van der Waals surface area contributed by atoms with Crippen LogP contribution in [-0.4, -0.2) is 38.4 Å². The second kappa shape index (κ2) is 7.61. The molecule has 0 aromatic carbocycles. The molecule has 0 aliphatic heterocycles. The molecule has 0 radical (unpaired) electrons. The van der Waals surface area contributed by atoms with E-state index in [1.807, 2.05) is 12.1 Å². The fourth-order valence-corrected chi connectivity index (χ4v) is 3.43. The summed E-state index contributed by atoms with van der Waals surface area (Å²) in [4.78, 5) is 20.0. The lowest BCUT2D eigenvalue weighted by atomic mass is 9.93. The minimum atomic E-state index is -0.295. The first kappa shape index (κ1) is 17.3. The van der Waals surface area contributed by atoms with Crippen molar-refractivity contribution in [1.29, 1.82) is 5.26 Å². The lowest BCUT2D eigenvalue weighted by Gasteiger charge is -2.26. The number of anilines is 2. The molecule has 4 rings (SSSR count). The third-order valence-corrected chi connectivity index (χ3v) is 5.15. The van der Waals surface area contributed by atoms with Crippen LogP contribution < -0.4 is 10.6 Å². The van der Waals surface area contributed by atoms with Crippen molar-refractivity contribution in [3.63, 3.8) is 0 Å². The van der Waals surface area contributed by atoms with Gasteiger partial charge in [-0.05, 0) is 38.5 Å². The van der Waals surface area contributed by atoms with Crippen molar-refractivity contribution in [1.82, 2.24) is 25.5 Å². The van der Waals surface area contributed by atoms with E-state index in [0.717, 1.165) is 37.8 Å². The number of H-pyrrole nitrogens is 1. The topological polar surface area (TPSA) is 129 Å². The molecule has 0 saturated heterocycles. The first-order valence-electron chi connectivity index (χ1n) is 9.21. The third kappa shape index (κ3) is 4.16. The van der Waals surface area contributed by atoms with Gasteiger partial charge in [0.15, 0.2) is 11.5 Å². The maximum absolute atomic E-state index is 11.9. The molecule has 140 valence electrons. The lowest BCUT2D eigenvalue weighted by Crippen LogP contribution is -2.40. The standard InChI is InChI=1S/C18H21N7O2/c19-8-13-9-21-17(10-20-13)23-16-7-15(24-25-16)11-4-5-14(6-11)27-18(26)22-12-2-1-3-12/h7,9-12,14H,1-6H2,(H,22,26)(H2,21,23,24,25)/t11-,14+/m0/s1. The Labute approximate surface area is 156 Å². The maximum atomic E-state index is 11.9. The van der Waals surface area contributed by atoms with E-state index < -0.39 is 0 Å². The summed E-state index contributed by atoms with van der Waals surface area (Å²) in [5, 5.41) is 22.0. The smallest absolute Gasteiger partial charge is 0.407 e. The zero-order chi connectivity index (χ0) is 18.6. The molecule has 2 aromatic rings. The highest BCUT2D eigenvalue weighted by Crippen LogP contribution is 2.36. The Hall–Kier alpha value is -3.15. The van der Waals surface area contributed by atoms with Crippen LogP contribution in [0.1, 0.15) is 55.8 Å². The van der Waals surface area contributed by atoms with Crippen LogP contribution >= 0.6 is 0 Å². The van der Waals surface area contributed by atoms with Gasteiger partial charge in [0.2, 0.25) is 0 Å². The van der Waals surface area contributed by atoms with Gasteiger partial charge in [0.1, 0.15) is 18.0 Å². The van der Waals surface area contributed by atoms with E-state index in [0.29, 0.717) is 17.7 Å². The minimum absolute atomic E-state index is 0.0563. The normalized spacial score (nSPS) is 21.9. The minimum Gasteiger partial charge on any atom is -0.446 e. The number of carbonyl (C=O) groups excluding carboxylic acids is 1. The predicted octanol–water partition coefficient (Wildman–Crippen LogP) is 2.73. The summed E-state index contributed by atoms with van der Waals surface area (Å²) in [5.74, 6) is 1.44. The zero-order valence-electron chi connectivity index (χ0n) is 14.8. The van der Waals surface area contributed by atoms with Gasteiger partial charge in [-0.1, -0.05) is 0 Å². The van der Waals surface area contributed by atoms with Crippen molar-refractivity contribution in [2.24, 2.45) is 0 Å². The molecule has 9 heteroatoms. The SMILES string of the molecule is N#Cc1cnc(Nc2cc([C@H]3CC[C@@H](OC(=O)NC4CCC4)C3)[nH]n2)cn1. The number of rotatable bonds is 5. The first-order valence-corrected chi connectivity index (χ1v) is 9.21. The molecule has 2 aliphatic carbocycles. The van der Waals surface area contributed by atoms with E-state index in [1.165, 1.54) is 18.8 Å². The number of nitriles is 1. The monoisotopic (exact) mass is 367 g/mol. The second-order valence-corrected chi connectivity index (χ2v) is 7.04. The van der Waals surface area contributed by atoms with Gasteiger partial charge in [0.25, 0.3) is 0 Å². The molecule has 2 fully saturated rings. The van der Waals surface area contributed by atoms with Gasteiger partial charge in [0, 0.05) is 23.7 Å². The predicted molar refractivity (Wildman–Crippen MR) is 96.3 cm³/mol. The molecule has 2 aromatic heterocycles. The van der Waals surface area contributed by atoms with Crippen LogP contribution in [0.4, 0.5) is 16.4 Å². The molecule has 3 N–H and O–H groups in total. The number of hydrogen-bond donors (Lipinski definition) is 3. The van der Waals surface area contributed by atoms with Crippen molar-refractivity contribution in [2.45, 2.75) is 56.6 Å². The largest absolute Gasteiger partial charge is 0.446 e. The molecule has 2 saturated carbocycles. The summed E-state index contributed by atoms with van der Waals surface area (Å²) in [6.07, 6.45) is 8.42.